The number of nitrogen functional groups attached to an aromatic ring is 1. The van der Waals surface area contributed by atoms with Crippen LogP contribution in [-0.4, -0.2) is 22.9 Å². The van der Waals surface area contributed by atoms with Crippen LogP contribution in [0.1, 0.15) is 34.6 Å². The standard InChI is InChI=1S/C15H17N3O3S/c1-9(11-6-4-3-5-7-11)17-12(19)8-21-15(20)13-10(2)18-22-14(13)16/h3-7,9H,8,16H2,1-2H3,(H,17,19)/t9-/m1/s1. The van der Waals surface area contributed by atoms with E-state index in [2.05, 4.69) is 9.69 Å². The second-order valence-electron chi connectivity index (χ2n) is 4.78. The minimum atomic E-state index is -0.633. The molecule has 1 aromatic carbocycles. The van der Waals surface area contributed by atoms with Crippen LogP contribution in [0.4, 0.5) is 5.00 Å². The van der Waals surface area contributed by atoms with Gasteiger partial charge in [0.2, 0.25) is 0 Å². The normalized spacial score (nSPS) is 11.7. The maximum atomic E-state index is 11.9. The molecule has 3 N–H and O–H groups in total. The van der Waals surface area contributed by atoms with Crippen molar-refractivity contribution >= 4 is 28.4 Å². The predicted octanol–water partition coefficient (Wildman–Crippen LogP) is 2.07. The summed E-state index contributed by atoms with van der Waals surface area (Å²) in [6, 6.07) is 9.36. The SMILES string of the molecule is Cc1nsc(N)c1C(=O)OCC(=O)N[C@H](C)c1ccccc1. The molecular weight excluding hydrogens is 302 g/mol. The molecule has 0 radical (unpaired) electrons. The van der Waals surface area contributed by atoms with Crippen LogP contribution in [0.3, 0.4) is 0 Å². The van der Waals surface area contributed by atoms with Crippen molar-refractivity contribution < 1.29 is 14.3 Å². The van der Waals surface area contributed by atoms with Crippen LogP contribution in [0, 0.1) is 6.92 Å². The van der Waals surface area contributed by atoms with E-state index < -0.39 is 5.97 Å². The number of amides is 1. The Hall–Kier alpha value is -2.41. The molecule has 1 heterocycles. The first-order valence-electron chi connectivity index (χ1n) is 6.72. The Balaban J connectivity index is 1.87. The lowest BCUT2D eigenvalue weighted by Gasteiger charge is -2.14. The van der Waals surface area contributed by atoms with E-state index in [4.69, 9.17) is 10.5 Å². The van der Waals surface area contributed by atoms with Gasteiger partial charge in [-0.3, -0.25) is 4.79 Å². The Labute approximate surface area is 132 Å². The molecule has 0 fully saturated rings. The lowest BCUT2D eigenvalue weighted by molar-refractivity contribution is -0.124. The molecule has 0 aliphatic rings. The van der Waals surface area contributed by atoms with Crippen molar-refractivity contribution in [3.8, 4) is 0 Å². The number of esters is 1. The van der Waals surface area contributed by atoms with Gasteiger partial charge in [0.05, 0.1) is 11.7 Å². The average Bonchev–Trinajstić information content (AvgIpc) is 2.85. The van der Waals surface area contributed by atoms with Crippen molar-refractivity contribution in [2.75, 3.05) is 12.3 Å². The second-order valence-corrected chi connectivity index (χ2v) is 5.59. The molecule has 1 amide bonds. The van der Waals surface area contributed by atoms with Crippen LogP contribution in [0.2, 0.25) is 0 Å². The maximum Gasteiger partial charge on any atom is 0.343 e. The van der Waals surface area contributed by atoms with Gasteiger partial charge in [0.15, 0.2) is 6.61 Å². The van der Waals surface area contributed by atoms with Crippen LogP contribution in [0.25, 0.3) is 0 Å². The molecule has 0 unspecified atom stereocenters. The van der Waals surface area contributed by atoms with Gasteiger partial charge in [-0.15, -0.1) is 0 Å². The van der Waals surface area contributed by atoms with Gasteiger partial charge in [0, 0.05) is 0 Å². The van der Waals surface area contributed by atoms with E-state index in [0.717, 1.165) is 17.1 Å². The summed E-state index contributed by atoms with van der Waals surface area (Å²) in [5.41, 5.74) is 7.37. The van der Waals surface area contributed by atoms with Gasteiger partial charge in [0.1, 0.15) is 10.6 Å². The Morgan fingerprint density at radius 1 is 1.36 bits per heavy atom. The summed E-state index contributed by atoms with van der Waals surface area (Å²) in [7, 11) is 0. The monoisotopic (exact) mass is 319 g/mol. The molecule has 6 nitrogen and oxygen atoms in total. The molecule has 0 spiro atoms. The molecule has 2 rings (SSSR count). The molecule has 0 bridgehead atoms. The summed E-state index contributed by atoms with van der Waals surface area (Å²) in [5, 5.41) is 3.06. The smallest absolute Gasteiger partial charge is 0.343 e. The molecule has 0 saturated heterocycles. The van der Waals surface area contributed by atoms with Crippen LogP contribution in [0.5, 0.6) is 0 Å². The zero-order valence-electron chi connectivity index (χ0n) is 12.3. The van der Waals surface area contributed by atoms with E-state index in [1.165, 1.54) is 0 Å². The van der Waals surface area contributed by atoms with Crippen molar-refractivity contribution in [3.05, 3.63) is 47.2 Å². The number of aryl methyl sites for hydroxylation is 1. The highest BCUT2D eigenvalue weighted by Gasteiger charge is 2.19. The van der Waals surface area contributed by atoms with Crippen LogP contribution >= 0.6 is 11.5 Å². The third-order valence-corrected chi connectivity index (χ3v) is 3.87. The van der Waals surface area contributed by atoms with E-state index in [1.54, 1.807) is 6.92 Å². The molecular formula is C15H17N3O3S. The zero-order valence-corrected chi connectivity index (χ0v) is 13.1. The summed E-state index contributed by atoms with van der Waals surface area (Å²) in [6.07, 6.45) is 0. The molecule has 1 aromatic heterocycles. The van der Waals surface area contributed by atoms with Gasteiger partial charge >= 0.3 is 5.97 Å². The third-order valence-electron chi connectivity index (χ3n) is 3.10. The minimum Gasteiger partial charge on any atom is -0.452 e. The van der Waals surface area contributed by atoms with Gasteiger partial charge in [-0.2, -0.15) is 4.37 Å². The van der Waals surface area contributed by atoms with Gasteiger partial charge in [-0.05, 0) is 30.9 Å². The number of nitrogens with zero attached hydrogens (tertiary/aromatic N) is 1. The number of rotatable bonds is 5. The topological polar surface area (TPSA) is 94.3 Å². The molecule has 116 valence electrons. The lowest BCUT2D eigenvalue weighted by Crippen LogP contribution is -2.31. The number of hydrogen-bond donors (Lipinski definition) is 2. The van der Waals surface area contributed by atoms with E-state index in [1.807, 2.05) is 37.3 Å². The molecule has 0 saturated carbocycles. The first kappa shape index (κ1) is 16.0. The van der Waals surface area contributed by atoms with Crippen LogP contribution in [-0.2, 0) is 9.53 Å². The van der Waals surface area contributed by atoms with Gasteiger partial charge in [-0.25, -0.2) is 4.79 Å². The van der Waals surface area contributed by atoms with Gasteiger partial charge in [0.25, 0.3) is 5.91 Å². The fourth-order valence-corrected chi connectivity index (χ4v) is 2.60. The number of hydrogen-bond acceptors (Lipinski definition) is 6. The highest BCUT2D eigenvalue weighted by molar-refractivity contribution is 7.10. The van der Waals surface area contributed by atoms with Gasteiger partial charge in [-0.1, -0.05) is 30.3 Å². The quantitative estimate of drug-likeness (QED) is 0.823. The van der Waals surface area contributed by atoms with E-state index in [0.29, 0.717) is 10.7 Å². The number of anilines is 1. The van der Waals surface area contributed by atoms with Crippen molar-refractivity contribution in [1.29, 1.82) is 0 Å². The first-order chi connectivity index (χ1) is 10.5. The Morgan fingerprint density at radius 3 is 2.64 bits per heavy atom. The van der Waals surface area contributed by atoms with Crippen molar-refractivity contribution in [1.82, 2.24) is 9.69 Å². The van der Waals surface area contributed by atoms with E-state index in [-0.39, 0.29) is 24.1 Å². The number of ether oxygens (including phenoxy) is 1. The number of benzene rings is 1. The number of nitrogens with two attached hydrogens (primary N) is 1. The highest BCUT2D eigenvalue weighted by atomic mass is 32.1. The lowest BCUT2D eigenvalue weighted by atomic mass is 10.1. The Bertz CT molecular complexity index is 650. The fraction of sp³-hybridized carbons (Fsp3) is 0.267. The first-order valence-corrected chi connectivity index (χ1v) is 7.49. The Morgan fingerprint density at radius 2 is 2.05 bits per heavy atom. The summed E-state index contributed by atoms with van der Waals surface area (Å²) in [6.45, 7) is 3.17. The van der Waals surface area contributed by atoms with Crippen molar-refractivity contribution in [2.24, 2.45) is 0 Å². The number of carbonyl (C=O) groups excluding carboxylic acids is 2. The second kappa shape index (κ2) is 7.04. The average molecular weight is 319 g/mol. The molecule has 7 heteroatoms. The summed E-state index contributed by atoms with van der Waals surface area (Å²) in [5.74, 6) is -1.00. The number of carbonyl (C=O) groups is 2. The van der Waals surface area contributed by atoms with Gasteiger partial charge < -0.3 is 15.8 Å². The van der Waals surface area contributed by atoms with Crippen LogP contribution in [0.15, 0.2) is 30.3 Å². The molecule has 22 heavy (non-hydrogen) atoms. The summed E-state index contributed by atoms with van der Waals surface area (Å²) in [4.78, 5) is 23.7. The predicted molar refractivity (Wildman–Crippen MR) is 84.5 cm³/mol. The number of aromatic nitrogens is 1. The van der Waals surface area contributed by atoms with Crippen molar-refractivity contribution in [3.63, 3.8) is 0 Å². The number of nitrogens with one attached hydrogen (secondary N) is 1. The van der Waals surface area contributed by atoms with Crippen molar-refractivity contribution in [2.45, 2.75) is 19.9 Å². The molecule has 0 aliphatic heterocycles. The Kier molecular flexibility index (Phi) is 5.11. The summed E-state index contributed by atoms with van der Waals surface area (Å²) >= 11 is 1.03. The fourth-order valence-electron chi connectivity index (χ4n) is 1.95. The summed E-state index contributed by atoms with van der Waals surface area (Å²) < 4.78 is 8.95. The zero-order chi connectivity index (χ0) is 16.1. The third kappa shape index (κ3) is 3.82. The van der Waals surface area contributed by atoms with E-state index in [9.17, 15) is 9.59 Å². The van der Waals surface area contributed by atoms with E-state index >= 15 is 0 Å². The van der Waals surface area contributed by atoms with Crippen LogP contribution < -0.4 is 11.1 Å². The molecule has 2 aromatic rings. The minimum absolute atomic E-state index is 0.165. The highest BCUT2D eigenvalue weighted by Crippen LogP contribution is 2.21. The maximum absolute atomic E-state index is 11.9. The largest absolute Gasteiger partial charge is 0.452 e. The molecule has 1 atom stereocenters. The molecule has 0 aliphatic carbocycles.